The Balaban J connectivity index is 2.80. The summed E-state index contributed by atoms with van der Waals surface area (Å²) in [6.07, 6.45) is -0.400. The predicted octanol–water partition coefficient (Wildman–Crippen LogP) is 2.41. The first kappa shape index (κ1) is 21.0. The van der Waals surface area contributed by atoms with E-state index in [0.717, 1.165) is 0 Å². The van der Waals surface area contributed by atoms with E-state index < -0.39 is 11.9 Å². The number of carbonyl (C=O) groups excluding carboxylic acids is 1. The van der Waals surface area contributed by atoms with E-state index in [1.165, 1.54) is 26.0 Å². The number of thioether (sulfide) groups is 1. The van der Waals surface area contributed by atoms with Crippen molar-refractivity contribution in [3.05, 3.63) is 6.07 Å². The maximum absolute atomic E-state index is 11.7. The molecule has 0 radical (unpaired) electrons. The van der Waals surface area contributed by atoms with Crippen LogP contribution in [0.15, 0.2) is 11.2 Å². The van der Waals surface area contributed by atoms with Crippen LogP contribution in [0.5, 0.6) is 11.8 Å². The molecule has 0 amide bonds. The highest BCUT2D eigenvalue weighted by Crippen LogP contribution is 2.35. The van der Waals surface area contributed by atoms with Crippen molar-refractivity contribution >= 4 is 23.7 Å². The minimum atomic E-state index is -1.03. The number of carbonyl (C=O) groups is 2. The number of carboxylic acid groups (broad SMARTS) is 1. The molecule has 0 saturated carbocycles. The Bertz CT molecular complexity index is 581. The SMILES string of the molecule is COc1cc(OC)nc(SC(COC(=O)CCC(=O)O)C(C)(C)C)n1. The molecule has 140 valence electrons. The third kappa shape index (κ3) is 7.59. The third-order valence-corrected chi connectivity index (χ3v) is 4.75. The summed E-state index contributed by atoms with van der Waals surface area (Å²) in [6.45, 7) is 6.14. The second-order valence-electron chi connectivity index (χ2n) is 6.28. The number of esters is 1. The highest BCUT2D eigenvalue weighted by molar-refractivity contribution is 7.99. The lowest BCUT2D eigenvalue weighted by atomic mass is 9.92. The van der Waals surface area contributed by atoms with Crippen molar-refractivity contribution in [2.24, 2.45) is 5.41 Å². The molecule has 1 rings (SSSR count). The molecule has 0 saturated heterocycles. The molecule has 0 aliphatic rings. The molecule has 1 aromatic heterocycles. The summed E-state index contributed by atoms with van der Waals surface area (Å²) in [6, 6.07) is 1.57. The van der Waals surface area contributed by atoms with E-state index in [9.17, 15) is 9.59 Å². The van der Waals surface area contributed by atoms with E-state index in [1.807, 2.05) is 20.8 Å². The van der Waals surface area contributed by atoms with E-state index in [2.05, 4.69) is 9.97 Å². The van der Waals surface area contributed by atoms with E-state index in [0.29, 0.717) is 16.9 Å². The molecule has 0 bridgehead atoms. The zero-order valence-electron chi connectivity index (χ0n) is 15.1. The number of ether oxygens (including phenoxy) is 3. The Morgan fingerprint density at radius 2 is 1.72 bits per heavy atom. The van der Waals surface area contributed by atoms with Gasteiger partial charge >= 0.3 is 11.9 Å². The number of carboxylic acids is 1. The van der Waals surface area contributed by atoms with Gasteiger partial charge in [-0.3, -0.25) is 9.59 Å². The summed E-state index contributed by atoms with van der Waals surface area (Å²) in [5.41, 5.74) is -0.211. The monoisotopic (exact) mass is 372 g/mol. The van der Waals surface area contributed by atoms with Crippen LogP contribution in [0.3, 0.4) is 0 Å². The van der Waals surface area contributed by atoms with Crippen molar-refractivity contribution in [2.45, 2.75) is 44.0 Å². The second-order valence-corrected chi connectivity index (χ2v) is 7.45. The van der Waals surface area contributed by atoms with Crippen molar-refractivity contribution in [2.75, 3.05) is 20.8 Å². The highest BCUT2D eigenvalue weighted by Gasteiger charge is 2.29. The fraction of sp³-hybridized carbons (Fsp3) is 0.625. The minimum Gasteiger partial charge on any atom is -0.481 e. The first-order valence-corrected chi connectivity index (χ1v) is 8.54. The summed E-state index contributed by atoms with van der Waals surface area (Å²) >= 11 is 1.35. The van der Waals surface area contributed by atoms with Crippen LogP contribution >= 0.6 is 11.8 Å². The molecule has 0 aromatic carbocycles. The van der Waals surface area contributed by atoms with Crippen LogP contribution in [0, 0.1) is 5.41 Å². The van der Waals surface area contributed by atoms with E-state index in [1.54, 1.807) is 6.07 Å². The topological polar surface area (TPSA) is 108 Å². The van der Waals surface area contributed by atoms with Gasteiger partial charge in [0.05, 0.1) is 38.4 Å². The largest absolute Gasteiger partial charge is 0.481 e. The van der Waals surface area contributed by atoms with Crippen molar-refractivity contribution in [1.82, 2.24) is 9.97 Å². The van der Waals surface area contributed by atoms with Gasteiger partial charge in [0, 0.05) is 0 Å². The molecular formula is C16H24N2O6S. The Kier molecular flexibility index (Phi) is 7.95. The average molecular weight is 372 g/mol. The molecule has 25 heavy (non-hydrogen) atoms. The Morgan fingerprint density at radius 1 is 1.16 bits per heavy atom. The molecule has 1 N–H and O–H groups in total. The molecule has 1 heterocycles. The lowest BCUT2D eigenvalue weighted by Crippen LogP contribution is -2.29. The van der Waals surface area contributed by atoms with Crippen LogP contribution in [-0.4, -0.2) is 53.1 Å². The second kappa shape index (κ2) is 9.45. The van der Waals surface area contributed by atoms with Crippen LogP contribution in [-0.2, 0) is 14.3 Å². The Labute approximate surface area is 151 Å². The fourth-order valence-corrected chi connectivity index (χ4v) is 2.71. The summed E-state index contributed by atoms with van der Waals surface area (Å²) in [4.78, 5) is 30.7. The van der Waals surface area contributed by atoms with Crippen LogP contribution in [0.4, 0.5) is 0 Å². The van der Waals surface area contributed by atoms with Gasteiger partial charge in [-0.25, -0.2) is 0 Å². The molecule has 1 aromatic rings. The van der Waals surface area contributed by atoms with Gasteiger partial charge in [0.2, 0.25) is 11.8 Å². The van der Waals surface area contributed by atoms with Crippen LogP contribution < -0.4 is 9.47 Å². The third-order valence-electron chi connectivity index (χ3n) is 3.23. The number of nitrogens with zero attached hydrogens (tertiary/aromatic N) is 2. The lowest BCUT2D eigenvalue weighted by Gasteiger charge is -2.29. The van der Waals surface area contributed by atoms with Crippen LogP contribution in [0.2, 0.25) is 0 Å². The smallest absolute Gasteiger partial charge is 0.306 e. The van der Waals surface area contributed by atoms with Crippen LogP contribution in [0.1, 0.15) is 33.6 Å². The zero-order valence-corrected chi connectivity index (χ0v) is 15.9. The number of hydrogen-bond donors (Lipinski definition) is 1. The highest BCUT2D eigenvalue weighted by atomic mass is 32.2. The summed E-state index contributed by atoms with van der Waals surface area (Å²) in [5.74, 6) is -0.821. The minimum absolute atomic E-state index is 0.121. The number of rotatable bonds is 9. The summed E-state index contributed by atoms with van der Waals surface area (Å²) in [5, 5.41) is 8.91. The van der Waals surface area contributed by atoms with Gasteiger partial charge in [0.15, 0.2) is 5.16 Å². The number of methoxy groups -OCH3 is 2. The van der Waals surface area contributed by atoms with Crippen LogP contribution in [0.25, 0.3) is 0 Å². The zero-order chi connectivity index (χ0) is 19.0. The Morgan fingerprint density at radius 3 is 2.16 bits per heavy atom. The molecular weight excluding hydrogens is 348 g/mol. The van der Waals surface area contributed by atoms with Gasteiger partial charge in [-0.05, 0) is 5.41 Å². The van der Waals surface area contributed by atoms with Gasteiger partial charge in [0.25, 0.3) is 0 Å². The predicted molar refractivity (Wildman–Crippen MR) is 92.1 cm³/mol. The van der Waals surface area contributed by atoms with Gasteiger partial charge in [-0.15, -0.1) is 0 Å². The first-order chi connectivity index (χ1) is 11.7. The maximum atomic E-state index is 11.7. The van der Waals surface area contributed by atoms with E-state index in [-0.39, 0.29) is 30.1 Å². The maximum Gasteiger partial charge on any atom is 0.306 e. The van der Waals surface area contributed by atoms with E-state index in [4.69, 9.17) is 19.3 Å². The quantitative estimate of drug-likeness (QED) is 0.397. The number of hydrogen-bond acceptors (Lipinski definition) is 8. The van der Waals surface area contributed by atoms with Gasteiger partial charge in [-0.2, -0.15) is 9.97 Å². The van der Waals surface area contributed by atoms with E-state index >= 15 is 0 Å². The standard InChI is InChI=1S/C16H24N2O6S/c1-16(2,3)10(9-24-14(21)7-6-13(19)20)25-15-17-11(22-4)8-12(18-15)23-5/h8,10H,6-7,9H2,1-5H3,(H,19,20). The van der Waals surface area contributed by atoms with Crippen molar-refractivity contribution in [3.8, 4) is 11.8 Å². The molecule has 0 aliphatic heterocycles. The fourth-order valence-electron chi connectivity index (χ4n) is 1.68. The molecule has 0 fully saturated rings. The summed E-state index contributed by atoms with van der Waals surface area (Å²) < 4.78 is 15.5. The van der Waals surface area contributed by atoms with Crippen molar-refractivity contribution in [3.63, 3.8) is 0 Å². The Hall–Kier alpha value is -2.03. The molecule has 9 heteroatoms. The van der Waals surface area contributed by atoms with Gasteiger partial charge < -0.3 is 19.3 Å². The average Bonchev–Trinajstić information content (AvgIpc) is 2.55. The van der Waals surface area contributed by atoms with Crippen molar-refractivity contribution in [1.29, 1.82) is 0 Å². The molecule has 8 nitrogen and oxygen atoms in total. The first-order valence-electron chi connectivity index (χ1n) is 7.67. The summed E-state index contributed by atoms with van der Waals surface area (Å²) in [7, 11) is 3.00. The molecule has 1 atom stereocenters. The normalized spacial score (nSPS) is 12.4. The van der Waals surface area contributed by atoms with Gasteiger partial charge in [0.1, 0.15) is 6.61 Å². The number of aromatic nitrogens is 2. The molecule has 0 aliphatic carbocycles. The lowest BCUT2D eigenvalue weighted by molar-refractivity contribution is -0.148. The van der Waals surface area contributed by atoms with Gasteiger partial charge in [-0.1, -0.05) is 32.5 Å². The van der Waals surface area contributed by atoms with Crippen molar-refractivity contribution < 1.29 is 28.9 Å². The molecule has 0 spiro atoms. The molecule has 1 unspecified atom stereocenters. The number of aliphatic carboxylic acids is 1.